The van der Waals surface area contributed by atoms with Gasteiger partial charge >= 0.3 is 12.1 Å². The van der Waals surface area contributed by atoms with E-state index in [0.29, 0.717) is 25.3 Å². The molecule has 0 aromatic rings. The highest BCUT2D eigenvalue weighted by Crippen LogP contribution is 2.44. The maximum atomic E-state index is 12.1. The van der Waals surface area contributed by atoms with Gasteiger partial charge in [-0.2, -0.15) is 0 Å². The molecule has 0 aromatic carbocycles. The molecule has 1 N–H and O–H groups in total. The van der Waals surface area contributed by atoms with Crippen LogP contribution < -0.4 is 0 Å². The Bertz CT molecular complexity index is 387. The Labute approximate surface area is 113 Å². The van der Waals surface area contributed by atoms with Crippen molar-refractivity contribution >= 4 is 12.1 Å². The second kappa shape index (κ2) is 4.69. The molecule has 0 aromatic heterocycles. The van der Waals surface area contributed by atoms with E-state index >= 15 is 0 Å². The van der Waals surface area contributed by atoms with Gasteiger partial charge in [0.15, 0.2) is 0 Å². The molecule has 1 saturated carbocycles. The maximum Gasteiger partial charge on any atom is 0.410 e. The van der Waals surface area contributed by atoms with E-state index in [2.05, 4.69) is 0 Å². The lowest BCUT2D eigenvalue weighted by Crippen LogP contribution is -2.55. The molecule has 2 rings (SSSR count). The molecular formula is C14H23NO4. The predicted molar refractivity (Wildman–Crippen MR) is 69.8 cm³/mol. The lowest BCUT2D eigenvalue weighted by atomic mass is 9.66. The maximum absolute atomic E-state index is 12.1. The molecule has 1 heterocycles. The Morgan fingerprint density at radius 2 is 2.05 bits per heavy atom. The van der Waals surface area contributed by atoms with Crippen molar-refractivity contribution in [2.75, 3.05) is 13.1 Å². The average Bonchev–Trinajstić information content (AvgIpc) is 2.25. The third-order valence-electron chi connectivity index (χ3n) is 4.02. The standard InChI is InChI=1S/C14H23NO4/c1-13(2,3)19-12(18)15-8-10-5-4-6-14(7-10,9-15)11(16)17/h10H,4-9H2,1-3H3,(H,16,17). The molecule has 2 fully saturated rings. The fourth-order valence-corrected chi connectivity index (χ4v) is 3.25. The molecule has 108 valence electrons. The number of carboxylic acids is 1. The van der Waals surface area contributed by atoms with Gasteiger partial charge in [-0.25, -0.2) is 4.79 Å². The lowest BCUT2D eigenvalue weighted by molar-refractivity contribution is -0.156. The van der Waals surface area contributed by atoms with Gasteiger partial charge in [0.25, 0.3) is 0 Å². The second-order valence-corrected chi connectivity index (χ2v) is 6.91. The number of carbonyl (C=O) groups excluding carboxylic acids is 1. The highest BCUT2D eigenvalue weighted by Gasteiger charge is 2.49. The number of hydrogen-bond donors (Lipinski definition) is 1. The van der Waals surface area contributed by atoms with Crippen molar-refractivity contribution in [3.8, 4) is 0 Å². The van der Waals surface area contributed by atoms with Crippen molar-refractivity contribution in [2.24, 2.45) is 11.3 Å². The third kappa shape index (κ3) is 3.01. The van der Waals surface area contributed by atoms with Gasteiger partial charge in [-0.15, -0.1) is 0 Å². The number of carbonyl (C=O) groups is 2. The van der Waals surface area contributed by atoms with Crippen molar-refractivity contribution in [3.05, 3.63) is 0 Å². The van der Waals surface area contributed by atoms with E-state index in [-0.39, 0.29) is 12.6 Å². The van der Waals surface area contributed by atoms with E-state index in [1.54, 1.807) is 4.90 Å². The van der Waals surface area contributed by atoms with Crippen LogP contribution >= 0.6 is 0 Å². The zero-order valence-electron chi connectivity index (χ0n) is 11.9. The molecule has 1 aliphatic carbocycles. The van der Waals surface area contributed by atoms with E-state index in [9.17, 15) is 14.7 Å². The Hall–Kier alpha value is -1.26. The highest BCUT2D eigenvalue weighted by molar-refractivity contribution is 5.77. The molecule has 2 unspecified atom stereocenters. The Balaban J connectivity index is 2.12. The Morgan fingerprint density at radius 1 is 1.37 bits per heavy atom. The lowest BCUT2D eigenvalue weighted by Gasteiger charge is -2.47. The number of carboxylic acid groups (broad SMARTS) is 1. The van der Waals surface area contributed by atoms with Crippen LogP contribution in [0.15, 0.2) is 0 Å². The summed E-state index contributed by atoms with van der Waals surface area (Å²) < 4.78 is 5.36. The summed E-state index contributed by atoms with van der Waals surface area (Å²) >= 11 is 0. The molecule has 2 bridgehead atoms. The van der Waals surface area contributed by atoms with Gasteiger partial charge in [0.2, 0.25) is 0 Å². The number of likely N-dealkylation sites (tertiary alicyclic amines) is 1. The first-order chi connectivity index (χ1) is 8.72. The molecule has 5 nitrogen and oxygen atoms in total. The summed E-state index contributed by atoms with van der Waals surface area (Å²) in [6, 6.07) is 0. The molecule has 0 spiro atoms. The zero-order valence-corrected chi connectivity index (χ0v) is 11.9. The average molecular weight is 269 g/mol. The molecular weight excluding hydrogens is 246 g/mol. The Morgan fingerprint density at radius 3 is 2.63 bits per heavy atom. The first kappa shape index (κ1) is 14.2. The largest absolute Gasteiger partial charge is 0.481 e. The minimum absolute atomic E-state index is 0.285. The number of rotatable bonds is 1. The van der Waals surface area contributed by atoms with Gasteiger partial charge < -0.3 is 14.7 Å². The minimum Gasteiger partial charge on any atom is -0.481 e. The summed E-state index contributed by atoms with van der Waals surface area (Å²) in [5.41, 5.74) is -1.29. The number of ether oxygens (including phenoxy) is 1. The molecule has 1 amide bonds. The second-order valence-electron chi connectivity index (χ2n) is 6.91. The van der Waals surface area contributed by atoms with Gasteiger partial charge in [-0.05, 0) is 46.0 Å². The van der Waals surface area contributed by atoms with Crippen LogP contribution in [-0.2, 0) is 9.53 Å². The van der Waals surface area contributed by atoms with Crippen molar-refractivity contribution in [2.45, 2.75) is 52.1 Å². The van der Waals surface area contributed by atoms with Crippen LogP contribution in [0, 0.1) is 11.3 Å². The molecule has 2 atom stereocenters. The van der Waals surface area contributed by atoms with E-state index in [1.165, 1.54) is 0 Å². The summed E-state index contributed by atoms with van der Waals surface area (Å²) in [5.74, 6) is -0.475. The predicted octanol–water partition coefficient (Wildman–Crippen LogP) is 2.50. The molecule has 1 aliphatic heterocycles. The summed E-state index contributed by atoms with van der Waals surface area (Å²) in [6.07, 6.45) is 2.93. The van der Waals surface area contributed by atoms with E-state index in [0.717, 1.165) is 12.8 Å². The summed E-state index contributed by atoms with van der Waals surface area (Å²) in [6.45, 7) is 6.38. The SMILES string of the molecule is CC(C)(C)OC(=O)N1CC2CCCC(C(=O)O)(C2)C1. The van der Waals surface area contributed by atoms with Gasteiger partial charge in [0.1, 0.15) is 5.60 Å². The molecule has 0 radical (unpaired) electrons. The van der Waals surface area contributed by atoms with Gasteiger partial charge in [0.05, 0.1) is 5.41 Å². The van der Waals surface area contributed by atoms with E-state index in [1.807, 2.05) is 20.8 Å². The smallest absolute Gasteiger partial charge is 0.410 e. The van der Waals surface area contributed by atoms with Crippen LogP contribution in [0.25, 0.3) is 0 Å². The van der Waals surface area contributed by atoms with Crippen LogP contribution in [-0.4, -0.2) is 40.8 Å². The fourth-order valence-electron chi connectivity index (χ4n) is 3.25. The summed E-state index contributed by atoms with van der Waals surface area (Å²) in [4.78, 5) is 25.3. The normalized spacial score (nSPS) is 30.9. The summed E-state index contributed by atoms with van der Waals surface area (Å²) in [7, 11) is 0. The first-order valence-corrected chi connectivity index (χ1v) is 6.93. The van der Waals surface area contributed by atoms with Crippen molar-refractivity contribution in [1.29, 1.82) is 0 Å². The number of amides is 1. The van der Waals surface area contributed by atoms with Crippen LogP contribution in [0.5, 0.6) is 0 Å². The van der Waals surface area contributed by atoms with Crippen LogP contribution in [0.4, 0.5) is 4.79 Å². The molecule has 2 aliphatic rings. The monoisotopic (exact) mass is 269 g/mol. The van der Waals surface area contributed by atoms with Gasteiger partial charge in [-0.3, -0.25) is 4.79 Å². The number of nitrogens with zero attached hydrogens (tertiary/aromatic N) is 1. The topological polar surface area (TPSA) is 66.8 Å². The first-order valence-electron chi connectivity index (χ1n) is 6.93. The number of aliphatic carboxylic acids is 1. The fraction of sp³-hybridized carbons (Fsp3) is 0.857. The number of piperidine rings is 1. The Kier molecular flexibility index (Phi) is 3.49. The quantitative estimate of drug-likeness (QED) is 0.794. The minimum atomic E-state index is -0.773. The van der Waals surface area contributed by atoms with Crippen molar-refractivity contribution in [1.82, 2.24) is 4.90 Å². The number of hydrogen-bond acceptors (Lipinski definition) is 3. The molecule has 1 saturated heterocycles. The molecule has 19 heavy (non-hydrogen) atoms. The highest BCUT2D eigenvalue weighted by atomic mass is 16.6. The third-order valence-corrected chi connectivity index (χ3v) is 4.02. The van der Waals surface area contributed by atoms with E-state index < -0.39 is 17.0 Å². The van der Waals surface area contributed by atoms with Crippen LogP contribution in [0.3, 0.4) is 0 Å². The van der Waals surface area contributed by atoms with Gasteiger partial charge in [0, 0.05) is 13.1 Å². The molecule has 5 heteroatoms. The van der Waals surface area contributed by atoms with Crippen LogP contribution in [0.2, 0.25) is 0 Å². The van der Waals surface area contributed by atoms with Crippen molar-refractivity contribution in [3.63, 3.8) is 0 Å². The summed E-state index contributed by atoms with van der Waals surface area (Å²) in [5, 5.41) is 9.49. The van der Waals surface area contributed by atoms with Gasteiger partial charge in [-0.1, -0.05) is 6.42 Å². The van der Waals surface area contributed by atoms with Crippen molar-refractivity contribution < 1.29 is 19.4 Å². The van der Waals surface area contributed by atoms with E-state index in [4.69, 9.17) is 4.74 Å². The number of fused-ring (bicyclic) bond motifs is 2. The van der Waals surface area contributed by atoms with Crippen LogP contribution in [0.1, 0.15) is 46.5 Å². The zero-order chi connectivity index (χ0) is 14.3.